The predicted octanol–water partition coefficient (Wildman–Crippen LogP) is 3.57. The van der Waals surface area contributed by atoms with E-state index in [2.05, 4.69) is 15.0 Å². The number of rotatable bonds is 4. The van der Waals surface area contributed by atoms with Crippen LogP contribution in [-0.4, -0.2) is 20.7 Å². The van der Waals surface area contributed by atoms with Crippen molar-refractivity contribution in [2.75, 3.05) is 5.73 Å². The van der Waals surface area contributed by atoms with Gasteiger partial charge in [0.15, 0.2) is 5.78 Å². The van der Waals surface area contributed by atoms with Crippen molar-refractivity contribution in [3.05, 3.63) is 48.0 Å². The third-order valence-corrected chi connectivity index (χ3v) is 3.77. The number of pyridine rings is 3. The summed E-state index contributed by atoms with van der Waals surface area (Å²) in [5, 5.41) is 1.91. The number of aromatic nitrogens is 3. The fourth-order valence-corrected chi connectivity index (χ4v) is 2.53. The standard InChI is InChI=1S/C18H18N4O/c1-3-4-17(23)16-5-11(2)14(10-21-16)15-6-12-9-22-18(19)7-13(12)8-20-15/h5-10H,3-4H2,1-2H3,(H2,19,22). The summed E-state index contributed by atoms with van der Waals surface area (Å²) in [5.41, 5.74) is 8.91. The van der Waals surface area contributed by atoms with Crippen LogP contribution in [0.5, 0.6) is 0 Å². The molecule has 0 amide bonds. The zero-order valence-corrected chi connectivity index (χ0v) is 13.2. The van der Waals surface area contributed by atoms with E-state index < -0.39 is 0 Å². The van der Waals surface area contributed by atoms with Gasteiger partial charge in [0, 0.05) is 41.3 Å². The molecule has 3 aromatic heterocycles. The number of carbonyl (C=O) groups excluding carboxylic acids is 1. The fourth-order valence-electron chi connectivity index (χ4n) is 2.53. The van der Waals surface area contributed by atoms with Gasteiger partial charge in [-0.2, -0.15) is 0 Å². The molecule has 0 aliphatic heterocycles. The minimum absolute atomic E-state index is 0.0771. The quantitative estimate of drug-likeness (QED) is 0.745. The SMILES string of the molecule is CCCC(=O)c1cc(C)c(-c2cc3cnc(N)cc3cn2)cn1. The van der Waals surface area contributed by atoms with E-state index in [0.29, 0.717) is 17.9 Å². The lowest BCUT2D eigenvalue weighted by Crippen LogP contribution is -2.03. The molecule has 2 N–H and O–H groups in total. The van der Waals surface area contributed by atoms with Gasteiger partial charge in [0.25, 0.3) is 0 Å². The molecule has 0 saturated carbocycles. The van der Waals surface area contributed by atoms with Crippen LogP contribution in [0.15, 0.2) is 36.8 Å². The maximum Gasteiger partial charge on any atom is 0.181 e. The van der Waals surface area contributed by atoms with Crippen molar-refractivity contribution in [1.29, 1.82) is 0 Å². The first-order chi connectivity index (χ1) is 11.1. The number of fused-ring (bicyclic) bond motifs is 1. The number of nitrogens with two attached hydrogens (primary N) is 1. The van der Waals surface area contributed by atoms with Crippen LogP contribution < -0.4 is 5.73 Å². The highest BCUT2D eigenvalue weighted by molar-refractivity contribution is 5.95. The first kappa shape index (κ1) is 15.1. The molecule has 0 unspecified atom stereocenters. The minimum atomic E-state index is 0.0771. The van der Waals surface area contributed by atoms with Gasteiger partial charge in [0.05, 0.1) is 5.69 Å². The number of nitrogen functional groups attached to an aromatic ring is 1. The molecule has 5 heteroatoms. The average molecular weight is 306 g/mol. The van der Waals surface area contributed by atoms with E-state index >= 15 is 0 Å². The largest absolute Gasteiger partial charge is 0.384 e. The summed E-state index contributed by atoms with van der Waals surface area (Å²) in [6.45, 7) is 3.95. The Morgan fingerprint density at radius 2 is 1.78 bits per heavy atom. The van der Waals surface area contributed by atoms with Gasteiger partial charge < -0.3 is 5.73 Å². The lowest BCUT2D eigenvalue weighted by atomic mass is 10.0. The fraction of sp³-hybridized carbons (Fsp3) is 0.222. The van der Waals surface area contributed by atoms with Crippen molar-refractivity contribution in [1.82, 2.24) is 15.0 Å². The highest BCUT2D eigenvalue weighted by Gasteiger charge is 2.11. The molecule has 0 fully saturated rings. The number of ketones is 1. The summed E-state index contributed by atoms with van der Waals surface area (Å²) >= 11 is 0. The van der Waals surface area contributed by atoms with Gasteiger partial charge in [0.1, 0.15) is 11.5 Å². The third-order valence-electron chi connectivity index (χ3n) is 3.77. The van der Waals surface area contributed by atoms with E-state index in [1.54, 1.807) is 24.7 Å². The third kappa shape index (κ3) is 3.04. The highest BCUT2D eigenvalue weighted by atomic mass is 16.1. The Hall–Kier alpha value is -2.82. The molecular formula is C18H18N4O. The molecular weight excluding hydrogens is 288 g/mol. The van der Waals surface area contributed by atoms with E-state index in [0.717, 1.165) is 34.0 Å². The van der Waals surface area contributed by atoms with E-state index in [1.165, 1.54) is 0 Å². The van der Waals surface area contributed by atoms with Crippen molar-refractivity contribution < 1.29 is 4.79 Å². The second-order valence-corrected chi connectivity index (χ2v) is 5.58. The van der Waals surface area contributed by atoms with Crippen LogP contribution in [0.3, 0.4) is 0 Å². The monoisotopic (exact) mass is 306 g/mol. The van der Waals surface area contributed by atoms with Gasteiger partial charge in [-0.25, -0.2) is 4.98 Å². The van der Waals surface area contributed by atoms with E-state index in [9.17, 15) is 4.79 Å². The van der Waals surface area contributed by atoms with Crippen LogP contribution >= 0.6 is 0 Å². The van der Waals surface area contributed by atoms with Gasteiger partial charge in [-0.05, 0) is 37.1 Å². The van der Waals surface area contributed by atoms with Gasteiger partial charge >= 0.3 is 0 Å². The summed E-state index contributed by atoms with van der Waals surface area (Å²) in [6.07, 6.45) is 6.57. The van der Waals surface area contributed by atoms with Crippen molar-refractivity contribution in [3.8, 4) is 11.3 Å². The van der Waals surface area contributed by atoms with Crippen molar-refractivity contribution >= 4 is 22.4 Å². The molecule has 23 heavy (non-hydrogen) atoms. The Morgan fingerprint density at radius 3 is 2.52 bits per heavy atom. The van der Waals surface area contributed by atoms with E-state index in [4.69, 9.17) is 5.73 Å². The number of hydrogen-bond acceptors (Lipinski definition) is 5. The lowest BCUT2D eigenvalue weighted by Gasteiger charge is -2.08. The second-order valence-electron chi connectivity index (χ2n) is 5.58. The molecule has 116 valence electrons. The Labute approximate surface area is 134 Å². The molecule has 5 nitrogen and oxygen atoms in total. The zero-order chi connectivity index (χ0) is 16.4. The van der Waals surface area contributed by atoms with Gasteiger partial charge in [0.2, 0.25) is 0 Å². The molecule has 3 aromatic rings. The molecule has 0 saturated heterocycles. The van der Waals surface area contributed by atoms with Gasteiger partial charge in [-0.15, -0.1) is 0 Å². The van der Waals surface area contributed by atoms with Crippen molar-refractivity contribution in [2.24, 2.45) is 0 Å². The van der Waals surface area contributed by atoms with Crippen molar-refractivity contribution in [3.63, 3.8) is 0 Å². The Balaban J connectivity index is 2.01. The minimum Gasteiger partial charge on any atom is -0.384 e. The lowest BCUT2D eigenvalue weighted by molar-refractivity contribution is 0.0977. The number of hydrogen-bond donors (Lipinski definition) is 1. The molecule has 0 radical (unpaired) electrons. The summed E-state index contributed by atoms with van der Waals surface area (Å²) in [6, 6.07) is 5.59. The molecule has 3 rings (SSSR count). The molecule has 0 aromatic carbocycles. The normalized spacial score (nSPS) is 10.9. The topological polar surface area (TPSA) is 81.8 Å². The van der Waals surface area contributed by atoms with Gasteiger partial charge in [-0.1, -0.05) is 6.92 Å². The molecule has 3 heterocycles. The maximum absolute atomic E-state index is 12.0. The van der Waals surface area contributed by atoms with E-state index in [1.807, 2.05) is 26.0 Å². The van der Waals surface area contributed by atoms with Crippen molar-refractivity contribution in [2.45, 2.75) is 26.7 Å². The summed E-state index contributed by atoms with van der Waals surface area (Å²) < 4.78 is 0. The molecule has 0 spiro atoms. The van der Waals surface area contributed by atoms with Gasteiger partial charge in [-0.3, -0.25) is 14.8 Å². The van der Waals surface area contributed by atoms with Crippen LogP contribution in [0.4, 0.5) is 5.82 Å². The molecule has 0 atom stereocenters. The zero-order valence-electron chi connectivity index (χ0n) is 13.2. The molecule has 0 aliphatic carbocycles. The number of nitrogens with zero attached hydrogens (tertiary/aromatic N) is 3. The second kappa shape index (κ2) is 6.12. The maximum atomic E-state index is 12.0. The Bertz CT molecular complexity index is 889. The molecule has 0 bridgehead atoms. The Kier molecular flexibility index (Phi) is 4.02. The van der Waals surface area contributed by atoms with Crippen LogP contribution in [0.1, 0.15) is 35.8 Å². The predicted molar refractivity (Wildman–Crippen MR) is 91.2 cm³/mol. The molecule has 0 aliphatic rings. The smallest absolute Gasteiger partial charge is 0.181 e. The van der Waals surface area contributed by atoms with Crippen LogP contribution in [-0.2, 0) is 0 Å². The van der Waals surface area contributed by atoms with Crippen LogP contribution in [0.25, 0.3) is 22.0 Å². The first-order valence-electron chi connectivity index (χ1n) is 7.60. The van der Waals surface area contributed by atoms with Crippen LogP contribution in [0, 0.1) is 6.92 Å². The number of anilines is 1. The number of carbonyl (C=O) groups is 1. The Morgan fingerprint density at radius 1 is 1.04 bits per heavy atom. The summed E-state index contributed by atoms with van der Waals surface area (Å²) in [4.78, 5) is 24.9. The highest BCUT2D eigenvalue weighted by Crippen LogP contribution is 2.25. The van der Waals surface area contributed by atoms with E-state index in [-0.39, 0.29) is 5.78 Å². The first-order valence-corrected chi connectivity index (χ1v) is 7.60. The number of aryl methyl sites for hydroxylation is 1. The number of Topliss-reactive ketones (excluding diaryl/α,β-unsaturated/α-hetero) is 1. The average Bonchev–Trinajstić information content (AvgIpc) is 2.54. The summed E-state index contributed by atoms with van der Waals surface area (Å²) in [5.74, 6) is 0.553. The summed E-state index contributed by atoms with van der Waals surface area (Å²) in [7, 11) is 0. The van der Waals surface area contributed by atoms with Crippen LogP contribution in [0.2, 0.25) is 0 Å².